The van der Waals surface area contributed by atoms with Crippen LogP contribution >= 0.6 is 0 Å². The molecule has 3 aromatic heterocycles. The quantitative estimate of drug-likeness (QED) is 0.511. The molecule has 1 saturated heterocycles. The van der Waals surface area contributed by atoms with Crippen molar-refractivity contribution in [1.29, 1.82) is 0 Å². The van der Waals surface area contributed by atoms with E-state index < -0.39 is 0 Å². The van der Waals surface area contributed by atoms with Crippen molar-refractivity contribution < 1.29 is 13.6 Å². The van der Waals surface area contributed by atoms with E-state index in [1.807, 2.05) is 43.0 Å². The van der Waals surface area contributed by atoms with Crippen LogP contribution in [0, 0.1) is 13.8 Å². The molecule has 8 nitrogen and oxygen atoms in total. The molecule has 1 amide bonds. The minimum atomic E-state index is -0.0801. The van der Waals surface area contributed by atoms with E-state index in [-0.39, 0.29) is 11.8 Å². The highest BCUT2D eigenvalue weighted by atomic mass is 16.4. The summed E-state index contributed by atoms with van der Waals surface area (Å²) in [7, 11) is 0. The Kier molecular flexibility index (Phi) is 4.54. The summed E-state index contributed by atoms with van der Waals surface area (Å²) < 4.78 is 11.6. The van der Waals surface area contributed by atoms with E-state index in [1.165, 1.54) is 0 Å². The normalized spacial score (nSPS) is 15.1. The second-order valence-corrected chi connectivity index (χ2v) is 7.71. The maximum absolute atomic E-state index is 12.9. The van der Waals surface area contributed by atoms with Gasteiger partial charge in [-0.15, -0.1) is 10.2 Å². The summed E-state index contributed by atoms with van der Waals surface area (Å²) in [5, 5.41) is 9.26. The number of hydrogen-bond donors (Lipinski definition) is 0. The van der Waals surface area contributed by atoms with Gasteiger partial charge in [0.05, 0.1) is 11.9 Å². The first kappa shape index (κ1) is 18.5. The standard InChI is InChI=1S/C22H21N5O3/c1-13-3-4-18-16(9-13)10-19(29-18)22(28)27-7-5-15(6-8-27)20-25-26-21(30-20)17-12-23-14(2)11-24-17/h3-4,9-12,15H,5-8H2,1-2H3. The number of benzene rings is 1. The van der Waals surface area contributed by atoms with Crippen LogP contribution in [-0.2, 0) is 0 Å². The average Bonchev–Trinajstić information content (AvgIpc) is 3.41. The smallest absolute Gasteiger partial charge is 0.289 e. The van der Waals surface area contributed by atoms with Crippen LogP contribution in [0.15, 0.2) is 45.5 Å². The Morgan fingerprint density at radius 1 is 1.03 bits per heavy atom. The van der Waals surface area contributed by atoms with Crippen LogP contribution in [0.25, 0.3) is 22.6 Å². The zero-order chi connectivity index (χ0) is 20.7. The molecule has 0 bridgehead atoms. The lowest BCUT2D eigenvalue weighted by molar-refractivity contribution is 0.0676. The number of hydrogen-bond acceptors (Lipinski definition) is 7. The lowest BCUT2D eigenvalue weighted by Gasteiger charge is -2.29. The van der Waals surface area contributed by atoms with E-state index in [4.69, 9.17) is 8.83 Å². The molecule has 0 spiro atoms. The molecule has 0 unspecified atom stereocenters. The minimum Gasteiger partial charge on any atom is -0.451 e. The Balaban J connectivity index is 1.25. The second kappa shape index (κ2) is 7.37. The van der Waals surface area contributed by atoms with Gasteiger partial charge in [0.25, 0.3) is 11.8 Å². The van der Waals surface area contributed by atoms with Crippen molar-refractivity contribution in [3.05, 3.63) is 59.6 Å². The van der Waals surface area contributed by atoms with Crippen LogP contribution in [0.5, 0.6) is 0 Å². The summed E-state index contributed by atoms with van der Waals surface area (Å²) in [6.07, 6.45) is 4.81. The number of carbonyl (C=O) groups excluding carboxylic acids is 1. The number of amides is 1. The second-order valence-electron chi connectivity index (χ2n) is 7.71. The molecule has 30 heavy (non-hydrogen) atoms. The molecule has 4 aromatic rings. The highest BCUT2D eigenvalue weighted by Gasteiger charge is 2.29. The summed E-state index contributed by atoms with van der Waals surface area (Å²) in [4.78, 5) is 23.2. The highest BCUT2D eigenvalue weighted by Crippen LogP contribution is 2.30. The van der Waals surface area contributed by atoms with Gasteiger partial charge in [0.2, 0.25) is 5.89 Å². The van der Waals surface area contributed by atoms with Gasteiger partial charge in [0.15, 0.2) is 5.76 Å². The molecule has 4 heterocycles. The number of fused-ring (bicyclic) bond motifs is 1. The van der Waals surface area contributed by atoms with Gasteiger partial charge in [-0.2, -0.15) is 0 Å². The number of aromatic nitrogens is 4. The predicted octanol–water partition coefficient (Wildman–Crippen LogP) is 3.91. The largest absolute Gasteiger partial charge is 0.451 e. The monoisotopic (exact) mass is 403 g/mol. The van der Waals surface area contributed by atoms with Crippen molar-refractivity contribution in [2.24, 2.45) is 0 Å². The fourth-order valence-electron chi connectivity index (χ4n) is 3.76. The Morgan fingerprint density at radius 2 is 1.87 bits per heavy atom. The van der Waals surface area contributed by atoms with Gasteiger partial charge in [-0.1, -0.05) is 11.6 Å². The molecule has 1 aromatic carbocycles. The Bertz CT molecular complexity index is 1200. The van der Waals surface area contributed by atoms with Crippen LogP contribution in [0.2, 0.25) is 0 Å². The predicted molar refractivity (Wildman–Crippen MR) is 109 cm³/mol. The van der Waals surface area contributed by atoms with E-state index in [1.54, 1.807) is 12.4 Å². The molecule has 0 saturated carbocycles. The first-order valence-corrected chi connectivity index (χ1v) is 9.99. The van der Waals surface area contributed by atoms with Gasteiger partial charge in [0.1, 0.15) is 11.3 Å². The van der Waals surface area contributed by atoms with Gasteiger partial charge in [-0.3, -0.25) is 9.78 Å². The van der Waals surface area contributed by atoms with Gasteiger partial charge in [0, 0.05) is 30.6 Å². The molecule has 152 valence electrons. The van der Waals surface area contributed by atoms with Gasteiger partial charge in [-0.25, -0.2) is 4.98 Å². The lowest BCUT2D eigenvalue weighted by atomic mass is 9.96. The molecule has 1 aliphatic rings. The van der Waals surface area contributed by atoms with E-state index >= 15 is 0 Å². The molecule has 0 radical (unpaired) electrons. The summed E-state index contributed by atoms with van der Waals surface area (Å²) >= 11 is 0. The number of carbonyl (C=O) groups is 1. The fraction of sp³-hybridized carbons (Fsp3) is 0.318. The van der Waals surface area contributed by atoms with Crippen molar-refractivity contribution >= 4 is 16.9 Å². The number of piperidine rings is 1. The maximum Gasteiger partial charge on any atom is 0.289 e. The molecule has 1 aliphatic heterocycles. The highest BCUT2D eigenvalue weighted by molar-refractivity contribution is 5.96. The van der Waals surface area contributed by atoms with Crippen LogP contribution in [0.1, 0.15) is 46.5 Å². The third-order valence-electron chi connectivity index (χ3n) is 5.45. The topological polar surface area (TPSA) is 98.2 Å². The minimum absolute atomic E-state index is 0.0801. The molecular formula is C22H21N5O3. The summed E-state index contributed by atoms with van der Waals surface area (Å²) in [6, 6.07) is 7.72. The van der Waals surface area contributed by atoms with E-state index in [2.05, 4.69) is 20.2 Å². The van der Waals surface area contributed by atoms with Gasteiger partial charge in [-0.05, 0) is 44.9 Å². The summed E-state index contributed by atoms with van der Waals surface area (Å²) in [6.45, 7) is 5.12. The zero-order valence-electron chi connectivity index (χ0n) is 16.8. The Labute approximate surface area is 172 Å². The Morgan fingerprint density at radius 3 is 2.63 bits per heavy atom. The van der Waals surface area contributed by atoms with Crippen molar-refractivity contribution in [1.82, 2.24) is 25.1 Å². The molecule has 0 atom stereocenters. The molecule has 0 N–H and O–H groups in total. The SMILES string of the molecule is Cc1ccc2oc(C(=O)N3CCC(c4nnc(-c5cnc(C)cn5)o4)CC3)cc2c1. The van der Waals surface area contributed by atoms with Crippen molar-refractivity contribution in [3.63, 3.8) is 0 Å². The number of likely N-dealkylation sites (tertiary alicyclic amines) is 1. The molecule has 8 heteroatoms. The van der Waals surface area contributed by atoms with Gasteiger partial charge < -0.3 is 13.7 Å². The molecule has 0 aliphatic carbocycles. The first-order chi connectivity index (χ1) is 14.6. The van der Waals surface area contributed by atoms with Crippen molar-refractivity contribution in [2.45, 2.75) is 32.6 Å². The summed E-state index contributed by atoms with van der Waals surface area (Å²) in [5.74, 6) is 1.37. The zero-order valence-corrected chi connectivity index (χ0v) is 16.8. The number of furan rings is 1. The van der Waals surface area contributed by atoms with Crippen LogP contribution in [0.4, 0.5) is 0 Å². The first-order valence-electron chi connectivity index (χ1n) is 9.99. The molecule has 5 rings (SSSR count). The average molecular weight is 403 g/mol. The van der Waals surface area contributed by atoms with Crippen LogP contribution in [-0.4, -0.2) is 44.1 Å². The fourth-order valence-corrected chi connectivity index (χ4v) is 3.76. The molecular weight excluding hydrogens is 382 g/mol. The third kappa shape index (κ3) is 3.45. The number of nitrogens with zero attached hydrogens (tertiary/aromatic N) is 5. The van der Waals surface area contributed by atoms with E-state index in [9.17, 15) is 4.79 Å². The van der Waals surface area contributed by atoms with Crippen LogP contribution in [0.3, 0.4) is 0 Å². The summed E-state index contributed by atoms with van der Waals surface area (Å²) in [5.41, 5.74) is 3.26. The van der Waals surface area contributed by atoms with E-state index in [0.29, 0.717) is 36.3 Å². The Hall–Kier alpha value is -3.55. The third-order valence-corrected chi connectivity index (χ3v) is 5.45. The number of aryl methyl sites for hydroxylation is 2. The van der Waals surface area contributed by atoms with Crippen molar-refractivity contribution in [2.75, 3.05) is 13.1 Å². The maximum atomic E-state index is 12.9. The lowest BCUT2D eigenvalue weighted by Crippen LogP contribution is -2.37. The molecule has 1 fully saturated rings. The number of rotatable bonds is 3. The van der Waals surface area contributed by atoms with Crippen molar-refractivity contribution in [3.8, 4) is 11.6 Å². The van der Waals surface area contributed by atoms with Gasteiger partial charge >= 0.3 is 0 Å². The van der Waals surface area contributed by atoms with E-state index in [0.717, 1.165) is 35.1 Å². The van der Waals surface area contributed by atoms with Crippen LogP contribution < -0.4 is 0 Å².